The van der Waals surface area contributed by atoms with Crippen molar-refractivity contribution < 1.29 is 9.72 Å². The Morgan fingerprint density at radius 3 is 2.72 bits per heavy atom. The van der Waals surface area contributed by atoms with Gasteiger partial charge >= 0.3 is 0 Å². The van der Waals surface area contributed by atoms with E-state index in [1.807, 2.05) is 6.07 Å². The summed E-state index contributed by atoms with van der Waals surface area (Å²) in [5.74, 6) is -0.0999. The molecule has 0 bridgehead atoms. The van der Waals surface area contributed by atoms with Crippen molar-refractivity contribution in [2.45, 2.75) is 0 Å². The second kappa shape index (κ2) is 6.55. The van der Waals surface area contributed by atoms with E-state index in [1.165, 1.54) is 18.2 Å². The molecule has 0 radical (unpaired) electrons. The molecule has 0 saturated carbocycles. The van der Waals surface area contributed by atoms with Gasteiger partial charge in [0.05, 0.1) is 16.2 Å². The van der Waals surface area contributed by atoms with Crippen LogP contribution in [0.15, 0.2) is 49.1 Å². The Labute approximate surface area is 140 Å². The number of non-ortho nitro benzene ring substituents is 1. The Morgan fingerprint density at radius 2 is 2.12 bits per heavy atom. The van der Waals surface area contributed by atoms with Gasteiger partial charge in [0.2, 0.25) is 0 Å². The third-order valence-electron chi connectivity index (χ3n) is 3.23. The number of hydrogen-bond acceptors (Lipinski definition) is 7. The number of rotatable bonds is 4. The number of nitrogens with one attached hydrogen (secondary N) is 1. The van der Waals surface area contributed by atoms with E-state index in [-0.39, 0.29) is 22.6 Å². The highest BCUT2D eigenvalue weighted by Gasteiger charge is 2.15. The minimum Gasteiger partial charge on any atom is -0.319 e. The summed E-state index contributed by atoms with van der Waals surface area (Å²) >= 11 is 0. The van der Waals surface area contributed by atoms with Gasteiger partial charge in [-0.15, -0.1) is 10.2 Å². The number of amides is 1. The SMILES string of the molecule is N#Cc1cc([N+](=O)[O-])ccc1NC(=O)c1ccc(-n2ccnc2)nn1. The molecule has 0 unspecified atom stereocenters. The number of nitro benzene ring substituents is 1. The van der Waals surface area contributed by atoms with Crippen molar-refractivity contribution in [1.29, 1.82) is 5.26 Å². The van der Waals surface area contributed by atoms with Crippen LogP contribution in [0.1, 0.15) is 16.1 Å². The minimum absolute atomic E-state index is 0.0226. The maximum absolute atomic E-state index is 12.2. The summed E-state index contributed by atoms with van der Waals surface area (Å²) in [5.41, 5.74) is -0.0748. The van der Waals surface area contributed by atoms with Crippen molar-refractivity contribution >= 4 is 17.3 Å². The molecule has 0 aliphatic carbocycles. The normalized spacial score (nSPS) is 10.0. The first kappa shape index (κ1) is 15.8. The predicted octanol–water partition coefficient (Wildman–Crippen LogP) is 1.69. The Balaban J connectivity index is 1.80. The van der Waals surface area contributed by atoms with Gasteiger partial charge in [-0.05, 0) is 18.2 Å². The minimum atomic E-state index is -0.618. The molecule has 2 heterocycles. The quantitative estimate of drug-likeness (QED) is 0.565. The van der Waals surface area contributed by atoms with Crippen LogP contribution in [0.5, 0.6) is 0 Å². The second-order valence-electron chi connectivity index (χ2n) is 4.80. The zero-order valence-electron chi connectivity index (χ0n) is 12.5. The molecule has 1 amide bonds. The highest BCUT2D eigenvalue weighted by atomic mass is 16.6. The van der Waals surface area contributed by atoms with Crippen LogP contribution in [0.3, 0.4) is 0 Å². The average molecular weight is 335 g/mol. The Bertz CT molecular complexity index is 975. The number of nitrogens with zero attached hydrogens (tertiary/aromatic N) is 6. The molecule has 3 aromatic rings. The number of benzene rings is 1. The molecule has 10 nitrogen and oxygen atoms in total. The van der Waals surface area contributed by atoms with Crippen LogP contribution < -0.4 is 5.32 Å². The molecule has 1 N–H and O–H groups in total. The summed E-state index contributed by atoms with van der Waals surface area (Å²) in [6.45, 7) is 0. The lowest BCUT2D eigenvalue weighted by Crippen LogP contribution is -2.15. The molecule has 0 atom stereocenters. The van der Waals surface area contributed by atoms with E-state index in [1.54, 1.807) is 29.4 Å². The van der Waals surface area contributed by atoms with Crippen molar-refractivity contribution in [3.63, 3.8) is 0 Å². The lowest BCUT2D eigenvalue weighted by molar-refractivity contribution is -0.384. The number of carbonyl (C=O) groups excluding carboxylic acids is 1. The number of nitriles is 1. The molecule has 3 rings (SSSR count). The van der Waals surface area contributed by atoms with Crippen LogP contribution in [-0.4, -0.2) is 30.6 Å². The van der Waals surface area contributed by atoms with Crippen molar-refractivity contribution in [3.8, 4) is 11.9 Å². The van der Waals surface area contributed by atoms with Gasteiger partial charge in [-0.1, -0.05) is 0 Å². The maximum Gasteiger partial charge on any atom is 0.276 e. The van der Waals surface area contributed by atoms with Crippen molar-refractivity contribution in [3.05, 3.63) is 70.4 Å². The molecular weight excluding hydrogens is 326 g/mol. The van der Waals surface area contributed by atoms with Gasteiger partial charge < -0.3 is 5.32 Å². The summed E-state index contributed by atoms with van der Waals surface area (Å²) in [7, 11) is 0. The molecule has 0 saturated heterocycles. The van der Waals surface area contributed by atoms with Crippen molar-refractivity contribution in [2.75, 3.05) is 5.32 Å². The highest BCUT2D eigenvalue weighted by molar-refractivity contribution is 6.03. The number of aromatic nitrogens is 4. The first-order valence-electron chi connectivity index (χ1n) is 6.90. The first-order valence-corrected chi connectivity index (χ1v) is 6.90. The molecule has 0 aliphatic heterocycles. The number of anilines is 1. The lowest BCUT2D eigenvalue weighted by Gasteiger charge is -2.06. The molecule has 25 heavy (non-hydrogen) atoms. The number of hydrogen-bond donors (Lipinski definition) is 1. The smallest absolute Gasteiger partial charge is 0.276 e. The third-order valence-corrected chi connectivity index (χ3v) is 3.23. The molecule has 0 aliphatic rings. The lowest BCUT2D eigenvalue weighted by atomic mass is 10.1. The fraction of sp³-hybridized carbons (Fsp3) is 0. The third kappa shape index (κ3) is 3.30. The van der Waals surface area contributed by atoms with Gasteiger partial charge in [0.1, 0.15) is 12.4 Å². The van der Waals surface area contributed by atoms with E-state index >= 15 is 0 Å². The van der Waals surface area contributed by atoms with Gasteiger partial charge in [-0.25, -0.2) is 4.98 Å². The van der Waals surface area contributed by atoms with Gasteiger partial charge in [0.25, 0.3) is 11.6 Å². The summed E-state index contributed by atoms with van der Waals surface area (Å²) in [6.07, 6.45) is 4.81. The zero-order chi connectivity index (χ0) is 17.8. The van der Waals surface area contributed by atoms with Gasteiger partial charge in [0.15, 0.2) is 11.5 Å². The van der Waals surface area contributed by atoms with Crippen molar-refractivity contribution in [1.82, 2.24) is 19.7 Å². The molecule has 1 aromatic carbocycles. The van der Waals surface area contributed by atoms with Gasteiger partial charge in [-0.2, -0.15) is 5.26 Å². The van der Waals surface area contributed by atoms with Gasteiger partial charge in [0, 0.05) is 24.5 Å². The molecule has 10 heteroatoms. The van der Waals surface area contributed by atoms with Crippen LogP contribution in [0.2, 0.25) is 0 Å². The molecule has 0 spiro atoms. The standard InChI is InChI=1S/C15H9N7O3/c16-8-10-7-11(22(24)25)1-2-12(10)18-15(23)13-3-4-14(20-19-13)21-6-5-17-9-21/h1-7,9H,(H,18,23). The fourth-order valence-corrected chi connectivity index (χ4v) is 2.01. The van der Waals surface area contributed by atoms with E-state index in [2.05, 4.69) is 20.5 Å². The van der Waals surface area contributed by atoms with E-state index in [4.69, 9.17) is 5.26 Å². The molecule has 122 valence electrons. The van der Waals surface area contributed by atoms with Gasteiger partial charge in [-0.3, -0.25) is 19.5 Å². The average Bonchev–Trinajstić information content (AvgIpc) is 3.16. The van der Waals surface area contributed by atoms with Crippen LogP contribution in [0.25, 0.3) is 5.82 Å². The molecule has 2 aromatic heterocycles. The number of carbonyl (C=O) groups is 1. The number of nitro groups is 1. The van der Waals surface area contributed by atoms with Crippen LogP contribution in [0.4, 0.5) is 11.4 Å². The predicted molar refractivity (Wildman–Crippen MR) is 84.9 cm³/mol. The summed E-state index contributed by atoms with van der Waals surface area (Å²) in [4.78, 5) is 26.2. The fourth-order valence-electron chi connectivity index (χ4n) is 2.01. The van der Waals surface area contributed by atoms with E-state index in [9.17, 15) is 14.9 Å². The second-order valence-corrected chi connectivity index (χ2v) is 4.80. The summed E-state index contributed by atoms with van der Waals surface area (Å²) in [5, 5.41) is 30.1. The Kier molecular flexibility index (Phi) is 4.13. The van der Waals surface area contributed by atoms with Crippen LogP contribution in [0, 0.1) is 21.4 Å². The van der Waals surface area contributed by atoms with E-state index in [0.29, 0.717) is 5.82 Å². The van der Waals surface area contributed by atoms with E-state index < -0.39 is 10.8 Å². The number of imidazole rings is 1. The monoisotopic (exact) mass is 335 g/mol. The topological polar surface area (TPSA) is 140 Å². The van der Waals surface area contributed by atoms with Crippen LogP contribution in [-0.2, 0) is 0 Å². The maximum atomic E-state index is 12.2. The van der Waals surface area contributed by atoms with Crippen molar-refractivity contribution in [2.24, 2.45) is 0 Å². The largest absolute Gasteiger partial charge is 0.319 e. The highest BCUT2D eigenvalue weighted by Crippen LogP contribution is 2.21. The first-order chi connectivity index (χ1) is 12.1. The van der Waals surface area contributed by atoms with E-state index in [0.717, 1.165) is 6.07 Å². The van der Waals surface area contributed by atoms with Crippen LogP contribution >= 0.6 is 0 Å². The summed E-state index contributed by atoms with van der Waals surface area (Å²) in [6, 6.07) is 8.44. The zero-order valence-corrected chi connectivity index (χ0v) is 12.5. The summed E-state index contributed by atoms with van der Waals surface area (Å²) < 4.78 is 1.62. The molecular formula is C15H9N7O3. The Hall–Kier alpha value is -4.13. The Morgan fingerprint density at radius 1 is 1.28 bits per heavy atom. The molecule has 0 fully saturated rings.